The van der Waals surface area contributed by atoms with Crippen LogP contribution in [0, 0.1) is 11.3 Å². The number of fused-ring (bicyclic) bond motifs is 1. The zero-order valence-electron chi connectivity index (χ0n) is 19.0. The zero-order valence-corrected chi connectivity index (χ0v) is 19.0. The molecule has 4 aromatic rings. The van der Waals surface area contributed by atoms with Gasteiger partial charge in [-0.3, -0.25) is 0 Å². The molecule has 0 atom stereocenters. The molecule has 3 N–H and O–H groups in total. The Labute approximate surface area is 199 Å². The second-order valence-corrected chi connectivity index (χ2v) is 7.79. The molecular formula is C23H22F3N9. The van der Waals surface area contributed by atoms with E-state index in [2.05, 4.69) is 35.6 Å². The van der Waals surface area contributed by atoms with E-state index in [0.717, 1.165) is 36.7 Å². The van der Waals surface area contributed by atoms with Crippen molar-refractivity contribution in [3.63, 3.8) is 0 Å². The highest BCUT2D eigenvalue weighted by Crippen LogP contribution is 2.34. The quantitative estimate of drug-likeness (QED) is 0.350. The van der Waals surface area contributed by atoms with Crippen molar-refractivity contribution in [3.05, 3.63) is 59.7 Å². The highest BCUT2D eigenvalue weighted by Gasteiger charge is 2.31. The molecular weight excluding hydrogens is 459 g/mol. The number of alkyl halides is 3. The predicted molar refractivity (Wildman–Crippen MR) is 126 cm³/mol. The number of halogens is 3. The Morgan fingerprint density at radius 2 is 1.97 bits per heavy atom. The molecule has 0 amide bonds. The summed E-state index contributed by atoms with van der Waals surface area (Å²) in [7, 11) is 3.85. The number of aromatic amines is 1. The maximum atomic E-state index is 13.2. The van der Waals surface area contributed by atoms with E-state index in [1.165, 1.54) is 12.4 Å². The van der Waals surface area contributed by atoms with Gasteiger partial charge in [0.1, 0.15) is 17.5 Å². The summed E-state index contributed by atoms with van der Waals surface area (Å²) in [6.07, 6.45) is 0.781. The Morgan fingerprint density at radius 1 is 1.14 bits per heavy atom. The number of nitriles is 1. The first-order valence-electron chi connectivity index (χ1n) is 10.7. The summed E-state index contributed by atoms with van der Waals surface area (Å²) in [6.45, 7) is 2.02. The number of pyridine rings is 2. The van der Waals surface area contributed by atoms with Gasteiger partial charge in [0, 0.05) is 56.2 Å². The van der Waals surface area contributed by atoms with Crippen molar-refractivity contribution in [2.45, 2.75) is 12.7 Å². The van der Waals surface area contributed by atoms with Crippen LogP contribution in [0.25, 0.3) is 22.3 Å². The van der Waals surface area contributed by atoms with Gasteiger partial charge < -0.3 is 20.5 Å². The molecule has 0 spiro atoms. The molecule has 0 radical (unpaired) electrons. The first kappa shape index (κ1) is 23.9. The second-order valence-electron chi connectivity index (χ2n) is 7.79. The van der Waals surface area contributed by atoms with Crippen molar-refractivity contribution in [3.8, 4) is 17.3 Å². The summed E-state index contributed by atoms with van der Waals surface area (Å²) in [5.41, 5.74) is 0.925. The molecule has 35 heavy (non-hydrogen) atoms. The molecule has 12 heteroatoms. The first-order valence-corrected chi connectivity index (χ1v) is 10.7. The maximum absolute atomic E-state index is 13.2. The lowest BCUT2D eigenvalue weighted by Crippen LogP contribution is -2.27. The summed E-state index contributed by atoms with van der Waals surface area (Å²) >= 11 is 0. The van der Waals surface area contributed by atoms with Crippen LogP contribution < -0.4 is 15.5 Å². The van der Waals surface area contributed by atoms with Gasteiger partial charge in [-0.05, 0) is 24.7 Å². The molecule has 0 aromatic carbocycles. The van der Waals surface area contributed by atoms with Crippen molar-refractivity contribution in [2.75, 3.05) is 37.4 Å². The predicted octanol–water partition coefficient (Wildman–Crippen LogP) is 3.57. The van der Waals surface area contributed by atoms with Crippen molar-refractivity contribution in [2.24, 2.45) is 0 Å². The second kappa shape index (κ2) is 9.94. The fourth-order valence-electron chi connectivity index (χ4n) is 3.43. The van der Waals surface area contributed by atoms with Crippen LogP contribution in [0.15, 0.2) is 43.0 Å². The van der Waals surface area contributed by atoms with Crippen LogP contribution in [-0.2, 0) is 12.7 Å². The summed E-state index contributed by atoms with van der Waals surface area (Å²) in [6, 6.07) is 6.83. The number of hydrogen-bond donors (Lipinski definition) is 3. The van der Waals surface area contributed by atoms with Crippen LogP contribution in [-0.4, -0.2) is 52.1 Å². The standard InChI is InChI=1S/C23H22F3N9/c1-28-5-6-35(2)19-4-3-14(9-29-19)10-32-22-33-11-15(8-27)20(34-22)18-13-31-21-17(18)7-16(12-30-21)23(24,25)26/h3-4,7,9,11-13,28H,5-6,10H2,1-2H3,(H,30,31)(H,32,33,34). The minimum Gasteiger partial charge on any atom is -0.358 e. The van der Waals surface area contributed by atoms with Crippen molar-refractivity contribution >= 4 is 22.8 Å². The Morgan fingerprint density at radius 3 is 2.66 bits per heavy atom. The van der Waals surface area contributed by atoms with Crippen molar-refractivity contribution in [1.82, 2.24) is 30.2 Å². The largest absolute Gasteiger partial charge is 0.417 e. The number of nitrogens with zero attached hydrogens (tertiary/aromatic N) is 6. The van der Waals surface area contributed by atoms with Gasteiger partial charge in [-0.15, -0.1) is 0 Å². The normalized spacial score (nSPS) is 11.4. The van der Waals surface area contributed by atoms with E-state index in [1.54, 1.807) is 6.20 Å². The van der Waals surface area contributed by atoms with E-state index >= 15 is 0 Å². The molecule has 0 aliphatic heterocycles. The van der Waals surface area contributed by atoms with Crippen LogP contribution >= 0.6 is 0 Å². The summed E-state index contributed by atoms with van der Waals surface area (Å²) in [4.78, 5) is 21.8. The topological polar surface area (TPSA) is 118 Å². The van der Waals surface area contributed by atoms with E-state index in [0.29, 0.717) is 12.1 Å². The summed E-state index contributed by atoms with van der Waals surface area (Å²) < 4.78 is 39.6. The molecule has 0 unspecified atom stereocenters. The number of hydrogen-bond acceptors (Lipinski definition) is 8. The average Bonchev–Trinajstić information content (AvgIpc) is 3.29. The van der Waals surface area contributed by atoms with Gasteiger partial charge in [-0.1, -0.05) is 6.07 Å². The molecule has 180 valence electrons. The van der Waals surface area contributed by atoms with Gasteiger partial charge >= 0.3 is 6.18 Å². The maximum Gasteiger partial charge on any atom is 0.417 e. The monoisotopic (exact) mass is 481 g/mol. The smallest absolute Gasteiger partial charge is 0.358 e. The Balaban J connectivity index is 1.57. The van der Waals surface area contributed by atoms with Crippen LogP contribution in [0.3, 0.4) is 0 Å². The highest BCUT2D eigenvalue weighted by atomic mass is 19.4. The molecule has 0 aliphatic carbocycles. The molecule has 0 fully saturated rings. The third-order valence-corrected chi connectivity index (χ3v) is 5.37. The Bertz CT molecular complexity index is 1360. The minimum absolute atomic E-state index is 0.129. The van der Waals surface area contributed by atoms with Crippen molar-refractivity contribution in [1.29, 1.82) is 5.26 Å². The molecule has 0 saturated heterocycles. The van der Waals surface area contributed by atoms with Gasteiger partial charge in [0.2, 0.25) is 5.95 Å². The first-order chi connectivity index (χ1) is 16.8. The SMILES string of the molecule is CNCCN(C)c1ccc(CNc2ncc(C#N)c(-c3c[nH]c4ncc(C(F)(F)F)cc34)n2)cn1. The van der Waals surface area contributed by atoms with E-state index < -0.39 is 11.7 Å². The lowest BCUT2D eigenvalue weighted by atomic mass is 10.1. The van der Waals surface area contributed by atoms with E-state index in [4.69, 9.17) is 0 Å². The van der Waals surface area contributed by atoms with Crippen LogP contribution in [0.2, 0.25) is 0 Å². The van der Waals surface area contributed by atoms with Crippen molar-refractivity contribution < 1.29 is 13.2 Å². The highest BCUT2D eigenvalue weighted by molar-refractivity contribution is 5.94. The fraction of sp³-hybridized carbons (Fsp3) is 0.261. The summed E-state index contributed by atoms with van der Waals surface area (Å²) in [5.74, 6) is 1.07. The third kappa shape index (κ3) is 5.30. The molecule has 9 nitrogen and oxygen atoms in total. The van der Waals surface area contributed by atoms with Gasteiger partial charge in [0.05, 0.1) is 23.0 Å². The fourth-order valence-corrected chi connectivity index (χ4v) is 3.43. The van der Waals surface area contributed by atoms with Crippen LogP contribution in [0.1, 0.15) is 16.7 Å². The molecule has 4 heterocycles. The van der Waals surface area contributed by atoms with Gasteiger partial charge in [-0.2, -0.15) is 18.4 Å². The zero-order chi connectivity index (χ0) is 25.0. The van der Waals surface area contributed by atoms with Gasteiger partial charge in [-0.25, -0.2) is 19.9 Å². The number of rotatable bonds is 8. The van der Waals surface area contributed by atoms with Crippen LogP contribution in [0.4, 0.5) is 24.9 Å². The Hall–Kier alpha value is -4.24. The van der Waals surface area contributed by atoms with Crippen LogP contribution in [0.5, 0.6) is 0 Å². The number of anilines is 2. The average molecular weight is 481 g/mol. The molecule has 4 rings (SSSR count). The molecule has 0 saturated carbocycles. The van der Waals surface area contributed by atoms with Gasteiger partial charge in [0.15, 0.2) is 0 Å². The lowest BCUT2D eigenvalue weighted by molar-refractivity contribution is -0.137. The molecule has 0 bridgehead atoms. The van der Waals surface area contributed by atoms with E-state index in [1.807, 2.05) is 37.2 Å². The van der Waals surface area contributed by atoms with E-state index in [9.17, 15) is 18.4 Å². The number of aromatic nitrogens is 5. The number of nitrogens with one attached hydrogen (secondary N) is 3. The minimum atomic E-state index is -4.54. The van der Waals surface area contributed by atoms with E-state index in [-0.39, 0.29) is 28.2 Å². The van der Waals surface area contributed by atoms with Gasteiger partial charge in [0.25, 0.3) is 0 Å². The summed E-state index contributed by atoms with van der Waals surface area (Å²) in [5, 5.41) is 15.9. The molecule has 0 aliphatic rings. The third-order valence-electron chi connectivity index (χ3n) is 5.37. The Kier molecular flexibility index (Phi) is 6.79. The molecule has 4 aromatic heterocycles. The number of H-pyrrole nitrogens is 1. The lowest BCUT2D eigenvalue weighted by Gasteiger charge is -2.18. The number of likely N-dealkylation sites (N-methyl/N-ethyl adjacent to an activating group) is 2.